The van der Waals surface area contributed by atoms with E-state index in [1.54, 1.807) is 24.4 Å². The topological polar surface area (TPSA) is 109 Å². The molecule has 0 aliphatic rings. The van der Waals surface area contributed by atoms with Crippen molar-refractivity contribution in [1.82, 2.24) is 15.6 Å². The van der Waals surface area contributed by atoms with E-state index in [1.165, 1.54) is 0 Å². The number of ketones is 1. The summed E-state index contributed by atoms with van der Waals surface area (Å²) < 4.78 is 5.93. The predicted octanol–water partition coefficient (Wildman–Crippen LogP) is 7.17. The Kier molecular flexibility index (Phi) is 15.9. The van der Waals surface area contributed by atoms with Crippen LogP contribution in [0.5, 0.6) is 0 Å². The summed E-state index contributed by atoms with van der Waals surface area (Å²) in [5.41, 5.74) is 1.57. The van der Waals surface area contributed by atoms with E-state index < -0.39 is 12.0 Å². The van der Waals surface area contributed by atoms with Crippen molar-refractivity contribution in [3.8, 4) is 0 Å². The minimum Gasteiger partial charge on any atom is -0.376 e. The molecule has 2 atom stereocenters. The number of pyridine rings is 1. The van der Waals surface area contributed by atoms with Crippen molar-refractivity contribution in [2.24, 2.45) is 11.8 Å². The van der Waals surface area contributed by atoms with Crippen LogP contribution in [0.3, 0.4) is 0 Å². The van der Waals surface area contributed by atoms with Crippen molar-refractivity contribution in [1.29, 1.82) is 0 Å². The van der Waals surface area contributed by atoms with Gasteiger partial charge in [0.1, 0.15) is 11.6 Å². The van der Waals surface area contributed by atoms with Gasteiger partial charge in [-0.2, -0.15) is 0 Å². The molecule has 0 saturated heterocycles. The lowest BCUT2D eigenvalue weighted by Crippen LogP contribution is -2.39. The zero-order valence-electron chi connectivity index (χ0n) is 26.1. The second kappa shape index (κ2) is 19.8. The largest absolute Gasteiger partial charge is 0.376 e. The zero-order chi connectivity index (χ0) is 32.4. The summed E-state index contributed by atoms with van der Waals surface area (Å²) in [4.78, 5) is 43.9. The molecule has 3 N–H and O–H groups in total. The molecule has 2 unspecified atom stereocenters. The number of unbranched alkanes of at least 4 members (excludes halogenated alkanes) is 1. The van der Waals surface area contributed by atoms with Crippen molar-refractivity contribution < 1.29 is 19.1 Å². The van der Waals surface area contributed by atoms with Crippen LogP contribution in [0.25, 0.3) is 0 Å². The first-order chi connectivity index (χ1) is 21.7. The van der Waals surface area contributed by atoms with Gasteiger partial charge in [-0.3, -0.25) is 14.4 Å². The number of nitrogens with zero attached hydrogens (tertiary/aromatic N) is 1. The third-order valence-corrected chi connectivity index (χ3v) is 7.60. The number of carbonyl (C=O) groups excluding carboxylic acids is 3. The molecule has 3 rings (SSSR count). The first-order valence-corrected chi connectivity index (χ1v) is 16.3. The summed E-state index contributed by atoms with van der Waals surface area (Å²) in [5, 5.41) is 9.96. The van der Waals surface area contributed by atoms with Gasteiger partial charge in [0.25, 0.3) is 0 Å². The Morgan fingerprint density at radius 3 is 2.31 bits per heavy atom. The van der Waals surface area contributed by atoms with Gasteiger partial charge in [0.2, 0.25) is 11.8 Å². The summed E-state index contributed by atoms with van der Waals surface area (Å²) in [6, 6.07) is 19.6. The molecule has 8 nitrogen and oxygen atoms in total. The third kappa shape index (κ3) is 14.5. The number of aromatic nitrogens is 1. The number of carbonyl (C=O) groups is 3. The van der Waals surface area contributed by atoms with Crippen LogP contribution in [0.15, 0.2) is 72.9 Å². The van der Waals surface area contributed by atoms with Gasteiger partial charge in [0.15, 0.2) is 0 Å². The standard InChI is InChI=1S/C35H44Cl2N4O4/c1-25(2)14-17-40-34(43)22-32(27-18-29(36)21-30(37)19-27)41-35(44)28(24-45-23-26-10-4-3-5-11-26)20-31(42)12-6-8-15-38-33-13-7-9-16-39-33/h3-5,7,9-11,13,16,18-19,21,25,28,32H,6,8,12,14-15,17,20,22-24H2,1-2H3,(H,38,39)(H,40,43)(H,41,44). The van der Waals surface area contributed by atoms with Crippen molar-refractivity contribution in [3.05, 3.63) is 94.1 Å². The van der Waals surface area contributed by atoms with E-state index in [1.807, 2.05) is 48.5 Å². The number of hydrogen-bond donors (Lipinski definition) is 3. The van der Waals surface area contributed by atoms with Crippen molar-refractivity contribution in [2.45, 2.75) is 65.0 Å². The van der Waals surface area contributed by atoms with Gasteiger partial charge in [0.05, 0.1) is 31.6 Å². The second-order valence-corrected chi connectivity index (χ2v) is 12.4. The number of hydrogen-bond acceptors (Lipinski definition) is 6. The highest BCUT2D eigenvalue weighted by molar-refractivity contribution is 6.34. The fourth-order valence-corrected chi connectivity index (χ4v) is 5.25. The first kappa shape index (κ1) is 36.0. The quantitative estimate of drug-likeness (QED) is 0.111. The molecule has 1 heterocycles. The van der Waals surface area contributed by atoms with Gasteiger partial charge in [-0.05, 0) is 66.6 Å². The molecule has 0 aliphatic heterocycles. The lowest BCUT2D eigenvalue weighted by atomic mass is 9.97. The summed E-state index contributed by atoms with van der Waals surface area (Å²) in [5.74, 6) is -0.105. The Labute approximate surface area is 276 Å². The number of ether oxygens (including phenoxy) is 1. The molecule has 242 valence electrons. The minimum atomic E-state index is -0.742. The highest BCUT2D eigenvalue weighted by Crippen LogP contribution is 2.26. The molecule has 0 fully saturated rings. The van der Waals surface area contributed by atoms with E-state index >= 15 is 0 Å². The molecule has 3 aromatic rings. The van der Waals surface area contributed by atoms with E-state index in [2.05, 4.69) is 34.8 Å². The van der Waals surface area contributed by atoms with Gasteiger partial charge < -0.3 is 20.7 Å². The lowest BCUT2D eigenvalue weighted by molar-refractivity contribution is -0.132. The van der Waals surface area contributed by atoms with Crippen LogP contribution in [-0.2, 0) is 25.7 Å². The van der Waals surface area contributed by atoms with Crippen LogP contribution < -0.4 is 16.0 Å². The average molecular weight is 656 g/mol. The third-order valence-electron chi connectivity index (χ3n) is 7.17. The fraction of sp³-hybridized carbons (Fsp3) is 0.429. The van der Waals surface area contributed by atoms with E-state index in [-0.39, 0.29) is 37.0 Å². The highest BCUT2D eigenvalue weighted by Gasteiger charge is 2.27. The summed E-state index contributed by atoms with van der Waals surface area (Å²) in [7, 11) is 0. The van der Waals surface area contributed by atoms with Crippen molar-refractivity contribution in [2.75, 3.05) is 25.0 Å². The Balaban J connectivity index is 1.65. The first-order valence-electron chi connectivity index (χ1n) is 15.5. The molecule has 2 amide bonds. The summed E-state index contributed by atoms with van der Waals surface area (Å²) in [6.07, 6.45) is 4.39. The minimum absolute atomic E-state index is 0.00465. The predicted molar refractivity (Wildman–Crippen MR) is 180 cm³/mol. The Hall–Kier alpha value is -3.46. The van der Waals surface area contributed by atoms with Gasteiger partial charge in [0, 0.05) is 42.2 Å². The molecule has 0 saturated carbocycles. The average Bonchev–Trinajstić information content (AvgIpc) is 3.00. The maximum Gasteiger partial charge on any atom is 0.226 e. The van der Waals surface area contributed by atoms with Crippen molar-refractivity contribution >= 4 is 46.6 Å². The molecule has 0 bridgehead atoms. The SMILES string of the molecule is CC(C)CCNC(=O)CC(NC(=O)C(COCc1ccccc1)CC(=O)CCCCNc1ccccn1)c1cc(Cl)cc(Cl)c1. The Bertz CT molecular complexity index is 1320. The summed E-state index contributed by atoms with van der Waals surface area (Å²) >= 11 is 12.6. The van der Waals surface area contributed by atoms with Crippen LogP contribution in [0.1, 0.15) is 69.5 Å². The number of halogens is 2. The normalized spacial score (nSPS) is 12.4. The van der Waals surface area contributed by atoms with Crippen LogP contribution >= 0.6 is 23.2 Å². The van der Waals surface area contributed by atoms with E-state index in [9.17, 15) is 14.4 Å². The molecular formula is C35H44Cl2N4O4. The molecule has 1 aromatic heterocycles. The number of benzene rings is 2. The maximum atomic E-state index is 13.7. The number of nitrogens with one attached hydrogen (secondary N) is 3. The molecule has 0 spiro atoms. The van der Waals surface area contributed by atoms with Crippen molar-refractivity contribution in [3.63, 3.8) is 0 Å². The fourth-order valence-electron chi connectivity index (χ4n) is 4.70. The Morgan fingerprint density at radius 2 is 1.62 bits per heavy atom. The smallest absolute Gasteiger partial charge is 0.226 e. The summed E-state index contributed by atoms with van der Waals surface area (Å²) in [6.45, 7) is 5.76. The number of Topliss-reactive ketones (excluding diaryl/α,β-unsaturated/α-hetero) is 1. The molecular weight excluding hydrogens is 611 g/mol. The van der Waals surface area contributed by atoms with Crippen LogP contribution in [0, 0.1) is 11.8 Å². The van der Waals surface area contributed by atoms with E-state index in [0.29, 0.717) is 54.1 Å². The molecule has 0 radical (unpaired) electrons. The Morgan fingerprint density at radius 1 is 0.889 bits per heavy atom. The van der Waals surface area contributed by atoms with E-state index in [0.717, 1.165) is 24.2 Å². The van der Waals surface area contributed by atoms with Crippen LogP contribution in [0.2, 0.25) is 10.0 Å². The zero-order valence-corrected chi connectivity index (χ0v) is 27.6. The lowest BCUT2D eigenvalue weighted by Gasteiger charge is -2.23. The highest BCUT2D eigenvalue weighted by atomic mass is 35.5. The van der Waals surface area contributed by atoms with Gasteiger partial charge in [-0.1, -0.05) is 73.4 Å². The monoisotopic (exact) mass is 654 g/mol. The van der Waals surface area contributed by atoms with Gasteiger partial charge in [-0.25, -0.2) is 4.98 Å². The maximum absolute atomic E-state index is 13.7. The second-order valence-electron chi connectivity index (χ2n) is 11.5. The molecule has 2 aromatic carbocycles. The van der Waals surface area contributed by atoms with Crippen LogP contribution in [-0.4, -0.2) is 42.3 Å². The molecule has 45 heavy (non-hydrogen) atoms. The molecule has 0 aliphatic carbocycles. The van der Waals surface area contributed by atoms with Gasteiger partial charge in [-0.15, -0.1) is 0 Å². The van der Waals surface area contributed by atoms with Gasteiger partial charge >= 0.3 is 0 Å². The molecule has 10 heteroatoms. The van der Waals surface area contributed by atoms with Crippen LogP contribution in [0.4, 0.5) is 5.82 Å². The number of amides is 2. The number of rotatable bonds is 20. The number of anilines is 1. The van der Waals surface area contributed by atoms with E-state index in [4.69, 9.17) is 27.9 Å².